The number of rotatable bonds is 1. The van der Waals surface area contributed by atoms with Gasteiger partial charge in [-0.1, -0.05) is 0 Å². The van der Waals surface area contributed by atoms with Gasteiger partial charge in [-0.25, -0.2) is 0 Å². The number of hydrogen-bond donors (Lipinski definition) is 2. The average molecular weight is 146 g/mol. The molecule has 1 saturated carbocycles. The van der Waals surface area contributed by atoms with Gasteiger partial charge in [0.25, 0.3) is 0 Å². The summed E-state index contributed by atoms with van der Waals surface area (Å²) in [6, 6.07) is 0. The molecule has 0 aromatic rings. The summed E-state index contributed by atoms with van der Waals surface area (Å²) < 4.78 is 5.01. The first-order chi connectivity index (χ1) is 4.72. The SMILES string of the molecule is COC1C[C@@H](O)C[C@@H](O)C1. The van der Waals surface area contributed by atoms with Gasteiger partial charge in [0.15, 0.2) is 0 Å². The average Bonchev–Trinajstić information content (AvgIpc) is 1.85. The predicted octanol–water partition coefficient (Wildman–Crippen LogP) is -0.0929. The standard InChI is InChI=1S/C7H14O3/c1-10-7-3-5(8)2-6(9)4-7/h5-9H,2-4H2,1H3/t5-,6+,7?. The van der Waals surface area contributed by atoms with E-state index in [9.17, 15) is 0 Å². The van der Waals surface area contributed by atoms with E-state index in [1.807, 2.05) is 0 Å². The number of hydrogen-bond acceptors (Lipinski definition) is 3. The van der Waals surface area contributed by atoms with Gasteiger partial charge in [-0.05, 0) is 19.3 Å². The number of methoxy groups -OCH3 is 1. The molecule has 3 nitrogen and oxygen atoms in total. The highest BCUT2D eigenvalue weighted by molar-refractivity contribution is 4.77. The van der Waals surface area contributed by atoms with Crippen molar-refractivity contribution in [2.24, 2.45) is 0 Å². The Hall–Kier alpha value is -0.120. The molecule has 2 N–H and O–H groups in total. The highest BCUT2D eigenvalue weighted by Gasteiger charge is 2.25. The van der Waals surface area contributed by atoms with Gasteiger partial charge >= 0.3 is 0 Å². The summed E-state index contributed by atoms with van der Waals surface area (Å²) in [4.78, 5) is 0. The molecule has 0 saturated heterocycles. The third-order valence-electron chi connectivity index (χ3n) is 1.95. The highest BCUT2D eigenvalue weighted by Crippen LogP contribution is 2.20. The first kappa shape index (κ1) is 7.98. The molecule has 0 radical (unpaired) electrons. The second kappa shape index (κ2) is 3.32. The molecule has 1 aliphatic rings. The predicted molar refractivity (Wildman–Crippen MR) is 36.7 cm³/mol. The fourth-order valence-corrected chi connectivity index (χ4v) is 1.40. The van der Waals surface area contributed by atoms with Gasteiger partial charge in [0.2, 0.25) is 0 Å². The fourth-order valence-electron chi connectivity index (χ4n) is 1.40. The molecule has 1 unspecified atom stereocenters. The maximum absolute atomic E-state index is 9.14. The molecule has 0 aliphatic heterocycles. The van der Waals surface area contributed by atoms with Gasteiger partial charge in [-0.3, -0.25) is 0 Å². The Labute approximate surface area is 60.6 Å². The van der Waals surface area contributed by atoms with Crippen molar-refractivity contribution in [1.29, 1.82) is 0 Å². The van der Waals surface area contributed by atoms with E-state index >= 15 is 0 Å². The minimum Gasteiger partial charge on any atom is -0.393 e. The molecule has 0 aromatic carbocycles. The summed E-state index contributed by atoms with van der Waals surface area (Å²) in [5.41, 5.74) is 0. The monoisotopic (exact) mass is 146 g/mol. The smallest absolute Gasteiger partial charge is 0.0620 e. The second-order valence-corrected chi connectivity index (χ2v) is 2.87. The Morgan fingerprint density at radius 1 is 1.10 bits per heavy atom. The third kappa shape index (κ3) is 1.94. The van der Waals surface area contributed by atoms with E-state index in [0.717, 1.165) is 0 Å². The zero-order valence-electron chi connectivity index (χ0n) is 6.16. The Kier molecular flexibility index (Phi) is 2.65. The van der Waals surface area contributed by atoms with Crippen molar-refractivity contribution in [3.63, 3.8) is 0 Å². The van der Waals surface area contributed by atoms with E-state index in [4.69, 9.17) is 14.9 Å². The molecular formula is C7H14O3. The maximum atomic E-state index is 9.14. The molecule has 0 amide bonds. The van der Waals surface area contributed by atoms with Crippen molar-refractivity contribution in [3.05, 3.63) is 0 Å². The van der Waals surface area contributed by atoms with Crippen LogP contribution in [0.2, 0.25) is 0 Å². The molecule has 3 heteroatoms. The van der Waals surface area contributed by atoms with Crippen LogP contribution in [0.5, 0.6) is 0 Å². The zero-order valence-corrected chi connectivity index (χ0v) is 6.16. The van der Waals surface area contributed by atoms with Crippen LogP contribution in [-0.2, 0) is 4.74 Å². The van der Waals surface area contributed by atoms with Crippen LogP contribution in [0.4, 0.5) is 0 Å². The van der Waals surface area contributed by atoms with Gasteiger partial charge in [0.05, 0.1) is 18.3 Å². The van der Waals surface area contributed by atoms with Gasteiger partial charge in [0, 0.05) is 7.11 Å². The minimum atomic E-state index is -0.381. The minimum absolute atomic E-state index is 0.0405. The lowest BCUT2D eigenvalue weighted by molar-refractivity contribution is -0.0424. The molecule has 0 heterocycles. The summed E-state index contributed by atoms with van der Waals surface area (Å²) in [6.07, 6.45) is 1.10. The quantitative estimate of drug-likeness (QED) is 0.543. The highest BCUT2D eigenvalue weighted by atomic mass is 16.5. The lowest BCUT2D eigenvalue weighted by Crippen LogP contribution is -2.33. The van der Waals surface area contributed by atoms with E-state index in [2.05, 4.69) is 0 Å². The van der Waals surface area contributed by atoms with Gasteiger partial charge < -0.3 is 14.9 Å². The first-order valence-electron chi connectivity index (χ1n) is 3.61. The Morgan fingerprint density at radius 3 is 2.00 bits per heavy atom. The number of aliphatic hydroxyl groups excluding tert-OH is 2. The third-order valence-corrected chi connectivity index (χ3v) is 1.95. The molecule has 0 spiro atoms. The fraction of sp³-hybridized carbons (Fsp3) is 1.00. The molecule has 1 fully saturated rings. The van der Waals surface area contributed by atoms with Crippen molar-refractivity contribution in [2.75, 3.05) is 7.11 Å². The number of ether oxygens (including phenoxy) is 1. The Morgan fingerprint density at radius 2 is 1.60 bits per heavy atom. The number of aliphatic hydroxyl groups is 2. The molecule has 60 valence electrons. The molecular weight excluding hydrogens is 132 g/mol. The first-order valence-corrected chi connectivity index (χ1v) is 3.61. The van der Waals surface area contributed by atoms with Crippen LogP contribution in [0.15, 0.2) is 0 Å². The van der Waals surface area contributed by atoms with E-state index in [0.29, 0.717) is 19.3 Å². The zero-order chi connectivity index (χ0) is 7.56. The van der Waals surface area contributed by atoms with Crippen molar-refractivity contribution < 1.29 is 14.9 Å². The molecule has 0 aromatic heterocycles. The summed E-state index contributed by atoms with van der Waals surface area (Å²) in [7, 11) is 1.61. The Bertz CT molecular complexity index is 95.0. The van der Waals surface area contributed by atoms with Gasteiger partial charge in [-0.15, -0.1) is 0 Å². The maximum Gasteiger partial charge on any atom is 0.0620 e. The normalized spacial score (nSPS) is 41.7. The van der Waals surface area contributed by atoms with Crippen LogP contribution in [0, 0.1) is 0 Å². The van der Waals surface area contributed by atoms with Crippen LogP contribution in [0.25, 0.3) is 0 Å². The molecule has 3 atom stereocenters. The van der Waals surface area contributed by atoms with Crippen LogP contribution in [-0.4, -0.2) is 35.6 Å². The largest absolute Gasteiger partial charge is 0.393 e. The van der Waals surface area contributed by atoms with E-state index in [-0.39, 0.29) is 18.3 Å². The molecule has 1 rings (SSSR count). The van der Waals surface area contributed by atoms with E-state index in [1.54, 1.807) is 7.11 Å². The molecule has 10 heavy (non-hydrogen) atoms. The Balaban J connectivity index is 2.35. The summed E-state index contributed by atoms with van der Waals surface area (Å²) in [6.45, 7) is 0. The summed E-state index contributed by atoms with van der Waals surface area (Å²) in [5.74, 6) is 0. The van der Waals surface area contributed by atoms with Gasteiger partial charge in [-0.2, -0.15) is 0 Å². The van der Waals surface area contributed by atoms with Crippen molar-refractivity contribution in [3.8, 4) is 0 Å². The van der Waals surface area contributed by atoms with Crippen molar-refractivity contribution >= 4 is 0 Å². The van der Waals surface area contributed by atoms with E-state index < -0.39 is 0 Å². The van der Waals surface area contributed by atoms with Crippen molar-refractivity contribution in [2.45, 2.75) is 37.6 Å². The molecule has 0 bridgehead atoms. The van der Waals surface area contributed by atoms with Crippen LogP contribution in [0.3, 0.4) is 0 Å². The van der Waals surface area contributed by atoms with Crippen LogP contribution < -0.4 is 0 Å². The summed E-state index contributed by atoms with van der Waals surface area (Å²) >= 11 is 0. The van der Waals surface area contributed by atoms with E-state index in [1.165, 1.54) is 0 Å². The molecule has 1 aliphatic carbocycles. The van der Waals surface area contributed by atoms with Crippen molar-refractivity contribution in [1.82, 2.24) is 0 Å². The lowest BCUT2D eigenvalue weighted by atomic mass is 9.93. The topological polar surface area (TPSA) is 49.7 Å². The summed E-state index contributed by atoms with van der Waals surface area (Å²) in [5, 5.41) is 18.3. The lowest BCUT2D eigenvalue weighted by Gasteiger charge is -2.28. The van der Waals surface area contributed by atoms with Crippen LogP contribution in [0.1, 0.15) is 19.3 Å². The second-order valence-electron chi connectivity index (χ2n) is 2.87. The van der Waals surface area contributed by atoms with Crippen LogP contribution >= 0.6 is 0 Å². The van der Waals surface area contributed by atoms with Gasteiger partial charge in [0.1, 0.15) is 0 Å².